The van der Waals surface area contributed by atoms with E-state index in [1.807, 2.05) is 6.07 Å². The SMILES string of the molecule is O=Cc1cc(N2CC(CN3CCOCC3)C2)c2nonc2c1. The van der Waals surface area contributed by atoms with Crippen LogP contribution in [0, 0.1) is 5.92 Å². The minimum absolute atomic E-state index is 0.606. The van der Waals surface area contributed by atoms with Crippen molar-refractivity contribution in [3.8, 4) is 0 Å². The van der Waals surface area contributed by atoms with Gasteiger partial charge in [-0.25, -0.2) is 4.63 Å². The highest BCUT2D eigenvalue weighted by atomic mass is 16.6. The van der Waals surface area contributed by atoms with Gasteiger partial charge in [-0.2, -0.15) is 0 Å². The topological polar surface area (TPSA) is 71.7 Å². The van der Waals surface area contributed by atoms with Crippen LogP contribution in [0.4, 0.5) is 5.69 Å². The molecule has 0 spiro atoms. The molecular weight excluding hydrogens is 284 g/mol. The molecule has 2 aromatic rings. The van der Waals surface area contributed by atoms with Crippen LogP contribution in [0.5, 0.6) is 0 Å². The van der Waals surface area contributed by atoms with E-state index < -0.39 is 0 Å². The van der Waals surface area contributed by atoms with E-state index in [4.69, 9.17) is 9.37 Å². The molecule has 0 aliphatic carbocycles. The highest BCUT2D eigenvalue weighted by Gasteiger charge is 2.31. The number of hydrogen-bond acceptors (Lipinski definition) is 7. The second-order valence-corrected chi connectivity index (χ2v) is 5.97. The molecule has 0 unspecified atom stereocenters. The number of aldehydes is 1. The normalized spacial score (nSPS) is 20.3. The van der Waals surface area contributed by atoms with Crippen molar-refractivity contribution in [2.24, 2.45) is 5.92 Å². The Balaban J connectivity index is 1.45. The van der Waals surface area contributed by atoms with Gasteiger partial charge in [0.2, 0.25) is 0 Å². The first-order valence-electron chi connectivity index (χ1n) is 7.60. The van der Waals surface area contributed by atoms with E-state index in [0.29, 0.717) is 17.0 Å². The van der Waals surface area contributed by atoms with Crippen LogP contribution in [-0.4, -0.2) is 67.4 Å². The maximum absolute atomic E-state index is 11.1. The fourth-order valence-corrected chi connectivity index (χ4v) is 3.23. The van der Waals surface area contributed by atoms with E-state index in [2.05, 4.69) is 20.1 Å². The van der Waals surface area contributed by atoms with E-state index >= 15 is 0 Å². The molecule has 0 bridgehead atoms. The molecule has 0 amide bonds. The molecule has 22 heavy (non-hydrogen) atoms. The maximum atomic E-state index is 11.1. The van der Waals surface area contributed by atoms with Crippen LogP contribution in [0.3, 0.4) is 0 Å². The van der Waals surface area contributed by atoms with Crippen LogP contribution in [0.25, 0.3) is 11.0 Å². The Morgan fingerprint density at radius 2 is 2.05 bits per heavy atom. The Hall–Kier alpha value is -1.99. The van der Waals surface area contributed by atoms with Crippen LogP contribution in [0.1, 0.15) is 10.4 Å². The van der Waals surface area contributed by atoms with Gasteiger partial charge in [0, 0.05) is 44.2 Å². The molecule has 2 aliphatic rings. The zero-order valence-corrected chi connectivity index (χ0v) is 12.3. The number of nitrogens with zero attached hydrogens (tertiary/aromatic N) is 4. The van der Waals surface area contributed by atoms with E-state index in [-0.39, 0.29) is 0 Å². The molecule has 3 heterocycles. The number of anilines is 1. The summed E-state index contributed by atoms with van der Waals surface area (Å²) in [5, 5.41) is 7.81. The van der Waals surface area contributed by atoms with E-state index in [1.54, 1.807) is 6.07 Å². The number of ether oxygens (including phenoxy) is 1. The van der Waals surface area contributed by atoms with E-state index in [9.17, 15) is 4.79 Å². The molecule has 7 nitrogen and oxygen atoms in total. The third kappa shape index (κ3) is 2.46. The summed E-state index contributed by atoms with van der Waals surface area (Å²) < 4.78 is 10.2. The van der Waals surface area contributed by atoms with Crippen molar-refractivity contribution in [2.75, 3.05) is 50.8 Å². The molecule has 0 radical (unpaired) electrons. The third-order valence-electron chi connectivity index (χ3n) is 4.42. The summed E-state index contributed by atoms with van der Waals surface area (Å²) >= 11 is 0. The van der Waals surface area contributed by atoms with Gasteiger partial charge in [-0.15, -0.1) is 0 Å². The number of carbonyl (C=O) groups excluding carboxylic acids is 1. The second-order valence-electron chi connectivity index (χ2n) is 5.97. The van der Waals surface area contributed by atoms with Gasteiger partial charge in [0.15, 0.2) is 5.52 Å². The minimum atomic E-state index is 0.606. The first kappa shape index (κ1) is 13.7. The summed E-state index contributed by atoms with van der Waals surface area (Å²) in [6, 6.07) is 3.57. The molecule has 0 saturated carbocycles. The number of rotatable bonds is 4. The third-order valence-corrected chi connectivity index (χ3v) is 4.42. The summed E-state index contributed by atoms with van der Waals surface area (Å²) in [5.41, 5.74) is 2.92. The van der Waals surface area contributed by atoms with Crippen LogP contribution in [0.15, 0.2) is 16.8 Å². The number of benzene rings is 1. The molecular formula is C15H18N4O3. The first-order chi connectivity index (χ1) is 10.8. The zero-order valence-electron chi connectivity index (χ0n) is 12.3. The number of morpholine rings is 1. The van der Waals surface area contributed by atoms with Crippen LogP contribution in [-0.2, 0) is 4.74 Å². The summed E-state index contributed by atoms with van der Waals surface area (Å²) in [4.78, 5) is 15.8. The molecule has 1 aromatic heterocycles. The highest BCUT2D eigenvalue weighted by molar-refractivity contribution is 5.93. The molecule has 7 heteroatoms. The Morgan fingerprint density at radius 3 is 2.82 bits per heavy atom. The lowest BCUT2D eigenvalue weighted by Crippen LogP contribution is -2.53. The maximum Gasteiger partial charge on any atom is 0.158 e. The first-order valence-corrected chi connectivity index (χ1v) is 7.60. The molecule has 4 rings (SSSR count). The summed E-state index contributed by atoms with van der Waals surface area (Å²) in [6.07, 6.45) is 0.836. The molecule has 0 N–H and O–H groups in total. The van der Waals surface area contributed by atoms with Crippen molar-refractivity contribution in [3.05, 3.63) is 17.7 Å². The number of carbonyl (C=O) groups is 1. The Bertz CT molecular complexity index is 674. The molecule has 0 atom stereocenters. The Morgan fingerprint density at radius 1 is 1.23 bits per heavy atom. The minimum Gasteiger partial charge on any atom is -0.379 e. The molecule has 2 aliphatic heterocycles. The van der Waals surface area contributed by atoms with Gasteiger partial charge < -0.3 is 9.64 Å². The lowest BCUT2D eigenvalue weighted by Gasteiger charge is -2.43. The van der Waals surface area contributed by atoms with Crippen molar-refractivity contribution >= 4 is 23.0 Å². The lowest BCUT2D eigenvalue weighted by atomic mass is 9.97. The van der Waals surface area contributed by atoms with Crippen LogP contribution < -0.4 is 4.90 Å². The van der Waals surface area contributed by atoms with Gasteiger partial charge >= 0.3 is 0 Å². The molecule has 116 valence electrons. The summed E-state index contributed by atoms with van der Waals surface area (Å²) in [7, 11) is 0. The lowest BCUT2D eigenvalue weighted by molar-refractivity contribution is 0.0286. The quantitative estimate of drug-likeness (QED) is 0.774. The highest BCUT2D eigenvalue weighted by Crippen LogP contribution is 2.31. The second kappa shape index (κ2) is 5.66. The van der Waals surface area contributed by atoms with Gasteiger partial charge in [0.25, 0.3) is 0 Å². The van der Waals surface area contributed by atoms with Crippen molar-refractivity contribution in [3.63, 3.8) is 0 Å². The van der Waals surface area contributed by atoms with Crippen molar-refractivity contribution in [1.82, 2.24) is 15.2 Å². The van der Waals surface area contributed by atoms with Gasteiger partial charge in [0.1, 0.15) is 11.8 Å². The largest absolute Gasteiger partial charge is 0.379 e. The number of aromatic nitrogens is 2. The van der Waals surface area contributed by atoms with Crippen LogP contribution >= 0.6 is 0 Å². The van der Waals surface area contributed by atoms with Gasteiger partial charge in [0.05, 0.1) is 18.9 Å². The summed E-state index contributed by atoms with van der Waals surface area (Å²) in [6.45, 7) is 6.77. The smallest absolute Gasteiger partial charge is 0.158 e. The van der Waals surface area contributed by atoms with Gasteiger partial charge in [-0.1, -0.05) is 0 Å². The predicted octanol–water partition coefficient (Wildman–Crippen LogP) is 0.804. The van der Waals surface area contributed by atoms with E-state index in [0.717, 1.165) is 63.4 Å². The predicted molar refractivity (Wildman–Crippen MR) is 80.2 cm³/mol. The Kier molecular flexibility index (Phi) is 3.51. The fraction of sp³-hybridized carbons (Fsp3) is 0.533. The molecule has 2 saturated heterocycles. The van der Waals surface area contributed by atoms with Crippen molar-refractivity contribution in [1.29, 1.82) is 0 Å². The number of fused-ring (bicyclic) bond motifs is 1. The van der Waals surface area contributed by atoms with Gasteiger partial charge in [-0.3, -0.25) is 9.69 Å². The van der Waals surface area contributed by atoms with Crippen molar-refractivity contribution in [2.45, 2.75) is 0 Å². The number of hydrogen-bond donors (Lipinski definition) is 0. The van der Waals surface area contributed by atoms with Crippen LogP contribution in [0.2, 0.25) is 0 Å². The molecule has 2 fully saturated rings. The molecule has 1 aromatic carbocycles. The zero-order chi connectivity index (χ0) is 14.9. The van der Waals surface area contributed by atoms with Crippen molar-refractivity contribution < 1.29 is 14.2 Å². The average molecular weight is 302 g/mol. The van der Waals surface area contributed by atoms with E-state index in [1.165, 1.54) is 0 Å². The monoisotopic (exact) mass is 302 g/mol. The Labute approximate surface area is 127 Å². The average Bonchev–Trinajstić information content (AvgIpc) is 2.99. The fourth-order valence-electron chi connectivity index (χ4n) is 3.23. The standard InChI is InChI=1S/C15H18N4O3/c20-10-11-5-13-15(17-22-16-13)14(6-11)19-8-12(9-19)7-18-1-3-21-4-2-18/h5-6,10,12H,1-4,7-9H2. The summed E-state index contributed by atoms with van der Waals surface area (Å²) in [5.74, 6) is 0.646. The van der Waals surface area contributed by atoms with Gasteiger partial charge in [-0.05, 0) is 22.4 Å².